The van der Waals surface area contributed by atoms with Gasteiger partial charge in [0.2, 0.25) is 5.91 Å². The number of methoxy groups -OCH3 is 1. The van der Waals surface area contributed by atoms with Crippen molar-refractivity contribution < 1.29 is 17.9 Å². The molecule has 0 spiro atoms. The standard InChI is InChI=1S/C17H24ClN3O4S/c1-25-14-4-2-3-13(9-14)21-7-5-20(6-8-21)10-17(22)19-16-12-26(23,24)11-15(16)18/h2-4,9,15-16H,5-8,10-12H2,1H3,(H,19,22)/t15-,16+/m0/s1. The Morgan fingerprint density at radius 1 is 1.27 bits per heavy atom. The van der Waals surface area contributed by atoms with Crippen LogP contribution in [0.2, 0.25) is 0 Å². The van der Waals surface area contributed by atoms with Gasteiger partial charge in [-0.2, -0.15) is 0 Å². The van der Waals surface area contributed by atoms with Crippen molar-refractivity contribution in [3.05, 3.63) is 24.3 Å². The molecule has 2 atom stereocenters. The predicted molar refractivity (Wildman–Crippen MR) is 102 cm³/mol. The van der Waals surface area contributed by atoms with E-state index in [0.29, 0.717) is 0 Å². The van der Waals surface area contributed by atoms with E-state index < -0.39 is 21.3 Å². The molecular formula is C17H24ClN3O4S. The SMILES string of the molecule is COc1cccc(N2CCN(CC(=O)N[C@@H]3CS(=O)(=O)C[C@@H]3Cl)CC2)c1. The van der Waals surface area contributed by atoms with E-state index >= 15 is 0 Å². The van der Waals surface area contributed by atoms with E-state index in [0.717, 1.165) is 37.6 Å². The first kappa shape index (κ1) is 19.3. The molecule has 9 heteroatoms. The molecule has 2 aliphatic heterocycles. The summed E-state index contributed by atoms with van der Waals surface area (Å²) in [5, 5.41) is 2.22. The summed E-state index contributed by atoms with van der Waals surface area (Å²) in [7, 11) is -1.49. The molecule has 144 valence electrons. The van der Waals surface area contributed by atoms with E-state index in [1.807, 2.05) is 24.3 Å². The molecule has 0 aliphatic carbocycles. The number of hydrogen-bond acceptors (Lipinski definition) is 6. The predicted octanol–water partition coefficient (Wildman–Crippen LogP) is 0.338. The first-order valence-corrected chi connectivity index (χ1v) is 10.9. The summed E-state index contributed by atoms with van der Waals surface area (Å²) in [6.45, 7) is 3.41. The van der Waals surface area contributed by atoms with Crippen LogP contribution in [0.3, 0.4) is 0 Å². The lowest BCUT2D eigenvalue weighted by Gasteiger charge is -2.36. The minimum Gasteiger partial charge on any atom is -0.497 e. The number of benzene rings is 1. The van der Waals surface area contributed by atoms with Gasteiger partial charge in [0, 0.05) is 37.9 Å². The fraction of sp³-hybridized carbons (Fsp3) is 0.588. The van der Waals surface area contributed by atoms with E-state index in [-0.39, 0.29) is 24.0 Å². The highest BCUT2D eigenvalue weighted by atomic mass is 35.5. The van der Waals surface area contributed by atoms with Crippen LogP contribution in [-0.4, -0.2) is 82.0 Å². The van der Waals surface area contributed by atoms with E-state index in [4.69, 9.17) is 16.3 Å². The number of nitrogens with one attached hydrogen (secondary N) is 1. The minimum absolute atomic E-state index is 0.0707. The van der Waals surface area contributed by atoms with Crippen molar-refractivity contribution in [1.82, 2.24) is 10.2 Å². The van der Waals surface area contributed by atoms with Crippen LogP contribution >= 0.6 is 11.6 Å². The second-order valence-corrected chi connectivity index (χ2v) is 9.45. The molecule has 0 bridgehead atoms. The fourth-order valence-electron chi connectivity index (χ4n) is 3.36. The van der Waals surface area contributed by atoms with Crippen molar-refractivity contribution in [2.75, 3.05) is 56.2 Å². The smallest absolute Gasteiger partial charge is 0.234 e. The first-order chi connectivity index (χ1) is 12.4. The van der Waals surface area contributed by atoms with Crippen molar-refractivity contribution in [3.63, 3.8) is 0 Å². The van der Waals surface area contributed by atoms with Crippen molar-refractivity contribution in [2.24, 2.45) is 0 Å². The van der Waals surface area contributed by atoms with Crippen molar-refractivity contribution in [2.45, 2.75) is 11.4 Å². The number of nitrogens with zero attached hydrogens (tertiary/aromatic N) is 2. The maximum absolute atomic E-state index is 12.2. The molecule has 1 aromatic rings. The number of rotatable bonds is 5. The Morgan fingerprint density at radius 3 is 2.62 bits per heavy atom. The Morgan fingerprint density at radius 2 is 2.00 bits per heavy atom. The first-order valence-electron chi connectivity index (χ1n) is 8.61. The van der Waals surface area contributed by atoms with E-state index in [1.165, 1.54) is 0 Å². The van der Waals surface area contributed by atoms with Crippen LogP contribution in [0, 0.1) is 0 Å². The molecule has 0 unspecified atom stereocenters. The monoisotopic (exact) mass is 401 g/mol. The molecule has 1 amide bonds. The lowest BCUT2D eigenvalue weighted by Crippen LogP contribution is -2.51. The summed E-state index contributed by atoms with van der Waals surface area (Å²) in [6.07, 6.45) is 0. The van der Waals surface area contributed by atoms with Crippen molar-refractivity contribution in [3.8, 4) is 5.75 Å². The topological polar surface area (TPSA) is 79.0 Å². The van der Waals surface area contributed by atoms with Crippen LogP contribution in [0.1, 0.15) is 0 Å². The van der Waals surface area contributed by atoms with Gasteiger partial charge in [0.25, 0.3) is 0 Å². The minimum atomic E-state index is -3.14. The number of carbonyl (C=O) groups excluding carboxylic acids is 1. The van der Waals surface area contributed by atoms with Gasteiger partial charge < -0.3 is 15.0 Å². The van der Waals surface area contributed by atoms with Crippen LogP contribution in [0.4, 0.5) is 5.69 Å². The maximum atomic E-state index is 12.2. The lowest BCUT2D eigenvalue weighted by molar-refractivity contribution is -0.122. The van der Waals surface area contributed by atoms with Crippen LogP contribution in [-0.2, 0) is 14.6 Å². The summed E-state index contributed by atoms with van der Waals surface area (Å²) in [5.41, 5.74) is 1.11. The molecule has 0 aromatic heterocycles. The average molecular weight is 402 g/mol. The van der Waals surface area contributed by atoms with Gasteiger partial charge in [0.1, 0.15) is 5.75 Å². The molecule has 0 saturated carbocycles. The molecule has 26 heavy (non-hydrogen) atoms. The number of carbonyl (C=O) groups is 1. The van der Waals surface area contributed by atoms with Gasteiger partial charge in [-0.1, -0.05) is 6.07 Å². The third kappa shape index (κ3) is 4.81. The maximum Gasteiger partial charge on any atom is 0.234 e. The number of alkyl halides is 1. The number of halogens is 1. The van der Waals surface area contributed by atoms with E-state index in [1.54, 1.807) is 7.11 Å². The van der Waals surface area contributed by atoms with Gasteiger partial charge in [0.05, 0.1) is 36.6 Å². The summed E-state index contributed by atoms with van der Waals surface area (Å²) in [6, 6.07) is 7.44. The zero-order chi connectivity index (χ0) is 18.7. The lowest BCUT2D eigenvalue weighted by atomic mass is 10.2. The zero-order valence-corrected chi connectivity index (χ0v) is 16.3. The highest BCUT2D eigenvalue weighted by Crippen LogP contribution is 2.22. The van der Waals surface area contributed by atoms with Crippen molar-refractivity contribution in [1.29, 1.82) is 0 Å². The van der Waals surface area contributed by atoms with Crippen LogP contribution < -0.4 is 15.0 Å². The van der Waals surface area contributed by atoms with Gasteiger partial charge in [0.15, 0.2) is 9.84 Å². The van der Waals surface area contributed by atoms with Crippen LogP contribution in [0.25, 0.3) is 0 Å². The number of piperazine rings is 1. The zero-order valence-electron chi connectivity index (χ0n) is 14.7. The fourth-order valence-corrected chi connectivity index (χ4v) is 5.91. The molecule has 0 radical (unpaired) electrons. The Balaban J connectivity index is 1.47. The number of anilines is 1. The highest BCUT2D eigenvalue weighted by molar-refractivity contribution is 7.91. The van der Waals surface area contributed by atoms with Gasteiger partial charge in [-0.3, -0.25) is 9.69 Å². The Labute approximate surface area is 159 Å². The number of amides is 1. The van der Waals surface area contributed by atoms with Crippen LogP contribution in [0.15, 0.2) is 24.3 Å². The highest BCUT2D eigenvalue weighted by Gasteiger charge is 2.37. The van der Waals surface area contributed by atoms with Gasteiger partial charge in [-0.05, 0) is 12.1 Å². The molecule has 2 fully saturated rings. The third-order valence-corrected chi connectivity index (χ3v) is 7.16. The molecule has 2 saturated heterocycles. The molecule has 2 heterocycles. The summed E-state index contributed by atoms with van der Waals surface area (Å²) >= 11 is 6.04. The number of hydrogen-bond donors (Lipinski definition) is 1. The average Bonchev–Trinajstić information content (AvgIpc) is 2.87. The molecule has 2 aliphatic rings. The molecule has 7 nitrogen and oxygen atoms in total. The molecule has 1 aromatic carbocycles. The third-order valence-electron chi connectivity index (χ3n) is 4.79. The summed E-state index contributed by atoms with van der Waals surface area (Å²) in [4.78, 5) is 16.5. The Hall–Kier alpha value is -1.51. The largest absolute Gasteiger partial charge is 0.497 e. The van der Waals surface area contributed by atoms with Gasteiger partial charge >= 0.3 is 0 Å². The van der Waals surface area contributed by atoms with Gasteiger partial charge in [-0.25, -0.2) is 8.42 Å². The van der Waals surface area contributed by atoms with Crippen LogP contribution in [0.5, 0.6) is 5.75 Å². The Bertz CT molecular complexity index is 750. The summed E-state index contributed by atoms with van der Waals surface area (Å²) in [5.74, 6) is 0.508. The van der Waals surface area contributed by atoms with E-state index in [2.05, 4.69) is 15.1 Å². The second kappa shape index (κ2) is 8.02. The number of sulfone groups is 1. The summed E-state index contributed by atoms with van der Waals surface area (Å²) < 4.78 is 28.4. The molecule has 3 rings (SSSR count). The normalized spacial score (nSPS) is 25.8. The quantitative estimate of drug-likeness (QED) is 0.717. The van der Waals surface area contributed by atoms with Crippen molar-refractivity contribution >= 4 is 33.0 Å². The van der Waals surface area contributed by atoms with Gasteiger partial charge in [-0.15, -0.1) is 11.6 Å². The second-order valence-electron chi connectivity index (χ2n) is 6.73. The molecule has 1 N–H and O–H groups in total. The number of ether oxygens (including phenoxy) is 1. The Kier molecular flexibility index (Phi) is 5.94. The van der Waals surface area contributed by atoms with E-state index in [9.17, 15) is 13.2 Å². The molecular weight excluding hydrogens is 378 g/mol.